The molecule has 3 rings (SSSR count). The van der Waals surface area contributed by atoms with Gasteiger partial charge in [0.05, 0.1) is 22.4 Å². The smallest absolute Gasteiger partial charge is 0.307 e. The number of anilines is 1. The van der Waals surface area contributed by atoms with Crippen LogP contribution in [-0.4, -0.2) is 28.5 Å². The predicted octanol–water partition coefficient (Wildman–Crippen LogP) is 1.59. The topological polar surface area (TPSA) is 101 Å². The number of carbonyl (C=O) groups is 2. The molecule has 0 aromatic heterocycles. The second kappa shape index (κ2) is 4.83. The minimum absolute atomic E-state index is 0.0585. The quantitative estimate of drug-likeness (QED) is 0.673. The maximum Gasteiger partial charge on any atom is 0.307 e. The van der Waals surface area contributed by atoms with E-state index in [1.807, 2.05) is 0 Å². The minimum Gasteiger partial charge on any atom is -0.481 e. The van der Waals surface area contributed by atoms with E-state index in [0.717, 1.165) is 5.56 Å². The van der Waals surface area contributed by atoms with E-state index in [1.54, 1.807) is 6.07 Å². The predicted molar refractivity (Wildman–Crippen MR) is 73.0 cm³/mol. The number of benzene rings is 1. The SMILES string of the molecule is O=C(O)C1CCC1C(=O)N1CCc2ccc([N+](=O)[O-])cc21. The summed E-state index contributed by atoms with van der Waals surface area (Å²) in [5.74, 6) is -2.31. The molecule has 1 aliphatic heterocycles. The van der Waals surface area contributed by atoms with Crippen LogP contribution in [0.15, 0.2) is 18.2 Å². The minimum atomic E-state index is -0.946. The highest BCUT2D eigenvalue weighted by atomic mass is 16.6. The number of rotatable bonds is 3. The first-order valence-corrected chi connectivity index (χ1v) is 6.80. The summed E-state index contributed by atoms with van der Waals surface area (Å²) in [6, 6.07) is 4.49. The van der Waals surface area contributed by atoms with Gasteiger partial charge in [-0.3, -0.25) is 19.7 Å². The van der Waals surface area contributed by atoms with Crippen LogP contribution in [0.5, 0.6) is 0 Å². The molecular weight excluding hydrogens is 276 g/mol. The standard InChI is InChI=1S/C14H14N2O5/c17-13(10-3-4-11(10)14(18)19)15-6-5-8-1-2-9(16(20)21)7-12(8)15/h1-2,7,10-11H,3-6H2,(H,18,19). The normalized spacial score (nSPS) is 23.3. The summed E-state index contributed by atoms with van der Waals surface area (Å²) in [6.45, 7) is 0.457. The van der Waals surface area contributed by atoms with E-state index in [0.29, 0.717) is 31.5 Å². The van der Waals surface area contributed by atoms with E-state index in [2.05, 4.69) is 0 Å². The average Bonchev–Trinajstić information content (AvgIpc) is 2.79. The first-order valence-electron chi connectivity index (χ1n) is 6.80. The molecule has 0 spiro atoms. The lowest BCUT2D eigenvalue weighted by Crippen LogP contribution is -2.45. The molecule has 2 aliphatic rings. The van der Waals surface area contributed by atoms with Gasteiger partial charge in [0.15, 0.2) is 0 Å². The molecule has 21 heavy (non-hydrogen) atoms. The van der Waals surface area contributed by atoms with Crippen LogP contribution in [0.1, 0.15) is 18.4 Å². The summed E-state index contributed by atoms with van der Waals surface area (Å²) in [7, 11) is 0. The van der Waals surface area contributed by atoms with Gasteiger partial charge in [-0.05, 0) is 24.8 Å². The molecule has 1 aromatic carbocycles. The molecule has 7 nitrogen and oxygen atoms in total. The van der Waals surface area contributed by atoms with Crippen molar-refractivity contribution in [1.29, 1.82) is 0 Å². The van der Waals surface area contributed by atoms with Crippen molar-refractivity contribution >= 4 is 23.3 Å². The average molecular weight is 290 g/mol. The summed E-state index contributed by atoms with van der Waals surface area (Å²) in [5.41, 5.74) is 1.38. The molecule has 7 heteroatoms. The summed E-state index contributed by atoms with van der Waals surface area (Å²) in [5, 5.41) is 19.9. The van der Waals surface area contributed by atoms with Crippen LogP contribution < -0.4 is 4.90 Å². The van der Waals surface area contributed by atoms with Crippen LogP contribution in [0.4, 0.5) is 11.4 Å². The van der Waals surface area contributed by atoms with Crippen molar-refractivity contribution in [2.45, 2.75) is 19.3 Å². The molecule has 110 valence electrons. The van der Waals surface area contributed by atoms with Crippen molar-refractivity contribution in [1.82, 2.24) is 0 Å². The molecular formula is C14H14N2O5. The second-order valence-corrected chi connectivity index (χ2v) is 5.44. The monoisotopic (exact) mass is 290 g/mol. The first-order chi connectivity index (χ1) is 9.99. The van der Waals surface area contributed by atoms with E-state index in [1.165, 1.54) is 17.0 Å². The fraction of sp³-hybridized carbons (Fsp3) is 0.429. The fourth-order valence-electron chi connectivity index (χ4n) is 3.00. The molecule has 2 atom stereocenters. The Labute approximate surface area is 120 Å². The number of carbonyl (C=O) groups excluding carboxylic acids is 1. The Kier molecular flexibility index (Phi) is 3.12. The number of non-ortho nitro benzene ring substituents is 1. The van der Waals surface area contributed by atoms with Crippen molar-refractivity contribution in [3.63, 3.8) is 0 Å². The van der Waals surface area contributed by atoms with E-state index in [-0.39, 0.29) is 11.6 Å². The summed E-state index contributed by atoms with van der Waals surface area (Å²) in [6.07, 6.45) is 1.72. The summed E-state index contributed by atoms with van der Waals surface area (Å²) in [4.78, 5) is 35.4. The molecule has 0 bridgehead atoms. The van der Waals surface area contributed by atoms with Crippen LogP contribution in [0.3, 0.4) is 0 Å². The van der Waals surface area contributed by atoms with Gasteiger partial charge in [0.25, 0.3) is 5.69 Å². The number of carboxylic acids is 1. The molecule has 0 radical (unpaired) electrons. The van der Waals surface area contributed by atoms with Crippen LogP contribution in [-0.2, 0) is 16.0 Å². The van der Waals surface area contributed by atoms with Gasteiger partial charge in [-0.2, -0.15) is 0 Å². The zero-order chi connectivity index (χ0) is 15.1. The Morgan fingerprint density at radius 2 is 2.00 bits per heavy atom. The molecule has 1 aliphatic carbocycles. The number of hydrogen-bond acceptors (Lipinski definition) is 4. The maximum absolute atomic E-state index is 12.5. The summed E-state index contributed by atoms with van der Waals surface area (Å²) >= 11 is 0. The zero-order valence-electron chi connectivity index (χ0n) is 11.2. The van der Waals surface area contributed by atoms with E-state index in [4.69, 9.17) is 5.11 Å². The van der Waals surface area contributed by atoms with Crippen molar-refractivity contribution < 1.29 is 19.6 Å². The molecule has 1 heterocycles. The van der Waals surface area contributed by atoms with Gasteiger partial charge in [-0.1, -0.05) is 6.07 Å². The Balaban J connectivity index is 1.86. The number of aliphatic carboxylic acids is 1. The number of amides is 1. The number of nitro benzene ring substituents is 1. The fourth-order valence-corrected chi connectivity index (χ4v) is 3.00. The van der Waals surface area contributed by atoms with Gasteiger partial charge in [-0.15, -0.1) is 0 Å². The van der Waals surface area contributed by atoms with Crippen molar-refractivity contribution in [3.05, 3.63) is 33.9 Å². The molecule has 2 unspecified atom stereocenters. The molecule has 0 saturated heterocycles. The molecule has 1 N–H and O–H groups in total. The van der Waals surface area contributed by atoms with Crippen molar-refractivity contribution in [2.24, 2.45) is 11.8 Å². The molecule has 1 saturated carbocycles. The second-order valence-electron chi connectivity index (χ2n) is 5.44. The summed E-state index contributed by atoms with van der Waals surface area (Å²) < 4.78 is 0. The Hall–Kier alpha value is -2.44. The van der Waals surface area contributed by atoms with Crippen LogP contribution >= 0.6 is 0 Å². The van der Waals surface area contributed by atoms with Crippen LogP contribution in [0.2, 0.25) is 0 Å². The van der Waals surface area contributed by atoms with Gasteiger partial charge in [0.1, 0.15) is 0 Å². The van der Waals surface area contributed by atoms with E-state index < -0.39 is 22.7 Å². The van der Waals surface area contributed by atoms with E-state index >= 15 is 0 Å². The third-order valence-electron chi connectivity index (χ3n) is 4.35. The third-order valence-corrected chi connectivity index (χ3v) is 4.35. The highest BCUT2D eigenvalue weighted by Crippen LogP contribution is 2.39. The van der Waals surface area contributed by atoms with Crippen molar-refractivity contribution in [2.75, 3.05) is 11.4 Å². The van der Waals surface area contributed by atoms with E-state index in [9.17, 15) is 19.7 Å². The highest BCUT2D eigenvalue weighted by molar-refractivity contribution is 6.00. The number of nitro groups is 1. The number of carboxylic acid groups (broad SMARTS) is 1. The Bertz CT molecular complexity index is 642. The van der Waals surface area contributed by atoms with Crippen LogP contribution in [0, 0.1) is 22.0 Å². The lowest BCUT2D eigenvalue weighted by Gasteiger charge is -2.35. The lowest BCUT2D eigenvalue weighted by atomic mass is 9.73. The Morgan fingerprint density at radius 3 is 2.57 bits per heavy atom. The van der Waals surface area contributed by atoms with Gasteiger partial charge < -0.3 is 10.0 Å². The number of nitrogens with zero attached hydrogens (tertiary/aromatic N) is 2. The molecule has 1 aromatic rings. The third kappa shape index (κ3) is 2.14. The number of hydrogen-bond donors (Lipinski definition) is 1. The molecule has 1 fully saturated rings. The van der Waals surface area contributed by atoms with Crippen molar-refractivity contribution in [3.8, 4) is 0 Å². The lowest BCUT2D eigenvalue weighted by molar-refractivity contribution is -0.384. The zero-order valence-corrected chi connectivity index (χ0v) is 11.2. The van der Waals surface area contributed by atoms with Gasteiger partial charge >= 0.3 is 5.97 Å². The van der Waals surface area contributed by atoms with Gasteiger partial charge in [0, 0.05) is 18.7 Å². The van der Waals surface area contributed by atoms with Gasteiger partial charge in [0.2, 0.25) is 5.91 Å². The molecule has 1 amide bonds. The highest BCUT2D eigenvalue weighted by Gasteiger charge is 2.44. The first kappa shape index (κ1) is 13.5. The van der Waals surface area contributed by atoms with Crippen LogP contribution in [0.25, 0.3) is 0 Å². The number of fused-ring (bicyclic) bond motifs is 1. The maximum atomic E-state index is 12.5. The van der Waals surface area contributed by atoms with Gasteiger partial charge in [-0.25, -0.2) is 0 Å². The Morgan fingerprint density at radius 1 is 1.29 bits per heavy atom. The largest absolute Gasteiger partial charge is 0.481 e.